The summed E-state index contributed by atoms with van der Waals surface area (Å²) in [5.74, 6) is 0.337. The number of carbonyl (C=O) groups is 1. The predicted molar refractivity (Wildman–Crippen MR) is 108 cm³/mol. The van der Waals surface area contributed by atoms with Gasteiger partial charge in [0.2, 0.25) is 0 Å². The van der Waals surface area contributed by atoms with Gasteiger partial charge in [0.15, 0.2) is 0 Å². The van der Waals surface area contributed by atoms with Crippen LogP contribution in [-0.4, -0.2) is 5.91 Å². The third-order valence-electron chi connectivity index (χ3n) is 3.75. The molecule has 1 amide bonds. The van der Waals surface area contributed by atoms with E-state index >= 15 is 0 Å². The number of nitrogens with zero attached hydrogens (tertiary/aromatic N) is 1. The van der Waals surface area contributed by atoms with Crippen molar-refractivity contribution >= 4 is 40.9 Å². The van der Waals surface area contributed by atoms with Gasteiger partial charge in [-0.2, -0.15) is 5.26 Å². The van der Waals surface area contributed by atoms with E-state index in [0.717, 1.165) is 5.56 Å². The number of carbonyl (C=O) groups excluding carboxylic acids is 1. The zero-order valence-corrected chi connectivity index (χ0v) is 15.8. The summed E-state index contributed by atoms with van der Waals surface area (Å²) in [6, 6.07) is 17.6. The van der Waals surface area contributed by atoms with Gasteiger partial charge in [-0.3, -0.25) is 4.79 Å². The minimum atomic E-state index is -0.512. The average molecular weight is 397 g/mol. The van der Waals surface area contributed by atoms with Gasteiger partial charge in [-0.25, -0.2) is 0 Å². The summed E-state index contributed by atoms with van der Waals surface area (Å²) < 4.78 is 5.71. The maximum Gasteiger partial charge on any atom is 0.266 e. The number of hydrogen-bond donors (Lipinski definition) is 1. The lowest BCUT2D eigenvalue weighted by Crippen LogP contribution is -2.13. The van der Waals surface area contributed by atoms with Crippen LogP contribution in [0.1, 0.15) is 11.3 Å². The summed E-state index contributed by atoms with van der Waals surface area (Å²) in [6.07, 6.45) is 1.38. The Hall–Kier alpha value is -3.00. The maximum atomic E-state index is 12.4. The average Bonchev–Trinajstić information content (AvgIpc) is 3.10. The van der Waals surface area contributed by atoms with Crippen LogP contribution in [0.2, 0.25) is 10.0 Å². The quantitative estimate of drug-likeness (QED) is 0.427. The van der Waals surface area contributed by atoms with E-state index < -0.39 is 5.91 Å². The van der Waals surface area contributed by atoms with Crippen molar-refractivity contribution in [3.05, 3.63) is 81.5 Å². The minimum absolute atomic E-state index is 0.0744. The Bertz CT molecular complexity index is 1080. The Morgan fingerprint density at radius 2 is 1.96 bits per heavy atom. The summed E-state index contributed by atoms with van der Waals surface area (Å²) in [4.78, 5) is 12.4. The van der Waals surface area contributed by atoms with E-state index in [4.69, 9.17) is 27.6 Å². The molecule has 3 rings (SSSR count). The van der Waals surface area contributed by atoms with Gasteiger partial charge >= 0.3 is 0 Å². The summed E-state index contributed by atoms with van der Waals surface area (Å²) in [7, 11) is 0. The van der Waals surface area contributed by atoms with Crippen molar-refractivity contribution < 1.29 is 9.21 Å². The van der Waals surface area contributed by atoms with Crippen LogP contribution in [0, 0.1) is 18.3 Å². The molecule has 4 nitrogen and oxygen atoms in total. The first-order valence-corrected chi connectivity index (χ1v) is 8.77. The first-order chi connectivity index (χ1) is 13.0. The van der Waals surface area contributed by atoms with Crippen LogP contribution in [0.3, 0.4) is 0 Å². The molecule has 134 valence electrons. The molecule has 0 aliphatic rings. The number of anilines is 1. The lowest BCUT2D eigenvalue weighted by Gasteiger charge is -2.04. The van der Waals surface area contributed by atoms with Gasteiger partial charge in [0.05, 0.1) is 5.02 Å². The fourth-order valence-electron chi connectivity index (χ4n) is 2.47. The molecule has 6 heteroatoms. The first-order valence-electron chi connectivity index (χ1n) is 8.01. The third kappa shape index (κ3) is 4.59. The van der Waals surface area contributed by atoms with E-state index in [1.807, 2.05) is 31.2 Å². The first kappa shape index (κ1) is 18.8. The monoisotopic (exact) mass is 396 g/mol. The van der Waals surface area contributed by atoms with E-state index in [1.54, 1.807) is 36.4 Å². The van der Waals surface area contributed by atoms with Crippen molar-refractivity contribution in [2.45, 2.75) is 6.92 Å². The molecule has 0 spiro atoms. The van der Waals surface area contributed by atoms with Gasteiger partial charge in [0.1, 0.15) is 23.2 Å². The minimum Gasteiger partial charge on any atom is -0.457 e. The lowest BCUT2D eigenvalue weighted by molar-refractivity contribution is -0.112. The highest BCUT2D eigenvalue weighted by Crippen LogP contribution is 2.32. The number of nitrogens with one attached hydrogen (secondary N) is 1. The zero-order chi connectivity index (χ0) is 19.4. The zero-order valence-electron chi connectivity index (χ0n) is 14.3. The van der Waals surface area contributed by atoms with Crippen molar-refractivity contribution in [3.8, 4) is 17.4 Å². The Morgan fingerprint density at radius 3 is 2.70 bits per heavy atom. The molecule has 27 heavy (non-hydrogen) atoms. The number of aryl methyl sites for hydroxylation is 1. The number of amides is 1. The summed E-state index contributed by atoms with van der Waals surface area (Å²) in [5, 5.41) is 13.0. The fourth-order valence-corrected chi connectivity index (χ4v) is 2.86. The molecular formula is C21H14Cl2N2O2. The second kappa shape index (κ2) is 8.13. The molecule has 0 atom stereocenters. The number of benzene rings is 2. The Labute approximate surface area is 166 Å². The van der Waals surface area contributed by atoms with E-state index in [9.17, 15) is 10.1 Å². The van der Waals surface area contributed by atoms with Crippen molar-refractivity contribution in [2.75, 3.05) is 5.32 Å². The van der Waals surface area contributed by atoms with Crippen molar-refractivity contribution in [1.82, 2.24) is 0 Å². The second-order valence-corrected chi connectivity index (χ2v) is 6.66. The maximum absolute atomic E-state index is 12.4. The highest BCUT2D eigenvalue weighted by Gasteiger charge is 2.13. The fraction of sp³-hybridized carbons (Fsp3) is 0.0476. The summed E-state index contributed by atoms with van der Waals surface area (Å²) >= 11 is 12.2. The Morgan fingerprint density at radius 1 is 1.15 bits per heavy atom. The lowest BCUT2D eigenvalue weighted by atomic mass is 10.2. The highest BCUT2D eigenvalue weighted by molar-refractivity contribution is 6.35. The van der Waals surface area contributed by atoms with Gasteiger partial charge in [-0.15, -0.1) is 0 Å². The Balaban J connectivity index is 1.84. The van der Waals surface area contributed by atoms with Crippen LogP contribution in [0.5, 0.6) is 0 Å². The molecule has 1 N–H and O–H groups in total. The predicted octanol–water partition coefficient (Wildman–Crippen LogP) is 6.11. The second-order valence-electron chi connectivity index (χ2n) is 5.82. The van der Waals surface area contributed by atoms with Crippen LogP contribution < -0.4 is 5.32 Å². The number of furan rings is 1. The third-order valence-corrected chi connectivity index (χ3v) is 4.31. The summed E-state index contributed by atoms with van der Waals surface area (Å²) in [5.41, 5.74) is 2.18. The molecule has 0 bridgehead atoms. The molecule has 0 saturated heterocycles. The molecule has 0 fully saturated rings. The molecule has 3 aromatic rings. The molecule has 2 aromatic carbocycles. The van der Waals surface area contributed by atoms with E-state index in [2.05, 4.69) is 5.32 Å². The topological polar surface area (TPSA) is 66.0 Å². The van der Waals surface area contributed by atoms with Gasteiger partial charge in [-0.1, -0.05) is 35.3 Å². The largest absolute Gasteiger partial charge is 0.457 e. The van der Waals surface area contributed by atoms with Gasteiger partial charge < -0.3 is 9.73 Å². The molecule has 0 aliphatic heterocycles. The number of rotatable bonds is 4. The SMILES string of the molecule is Cc1cccc(NC(=O)/C(C#N)=C\c2ccc(-c3cc(Cl)ccc3Cl)o2)c1. The van der Waals surface area contributed by atoms with Crippen molar-refractivity contribution in [2.24, 2.45) is 0 Å². The molecule has 1 aromatic heterocycles. The van der Waals surface area contributed by atoms with E-state index in [0.29, 0.717) is 32.8 Å². The van der Waals surface area contributed by atoms with Crippen LogP contribution in [0.4, 0.5) is 5.69 Å². The summed E-state index contributed by atoms with van der Waals surface area (Å²) in [6.45, 7) is 1.92. The van der Waals surface area contributed by atoms with Crippen molar-refractivity contribution in [3.63, 3.8) is 0 Å². The molecule has 0 saturated carbocycles. The van der Waals surface area contributed by atoms with Crippen LogP contribution in [-0.2, 0) is 4.79 Å². The molecule has 1 heterocycles. The van der Waals surface area contributed by atoms with Gasteiger partial charge in [0.25, 0.3) is 5.91 Å². The molecular weight excluding hydrogens is 383 g/mol. The number of hydrogen-bond acceptors (Lipinski definition) is 3. The number of halogens is 2. The smallest absolute Gasteiger partial charge is 0.266 e. The highest BCUT2D eigenvalue weighted by atomic mass is 35.5. The molecule has 0 unspecified atom stereocenters. The van der Waals surface area contributed by atoms with Crippen LogP contribution >= 0.6 is 23.2 Å². The van der Waals surface area contributed by atoms with E-state index in [1.165, 1.54) is 6.08 Å². The van der Waals surface area contributed by atoms with Crippen LogP contribution in [0.25, 0.3) is 17.4 Å². The Kier molecular flexibility index (Phi) is 5.66. The number of nitriles is 1. The normalized spacial score (nSPS) is 11.1. The molecule has 0 aliphatic carbocycles. The standard InChI is InChI=1S/C21H14Cl2N2O2/c1-13-3-2-4-16(9-13)25-21(26)14(12-24)10-17-6-8-20(27-17)18-11-15(22)5-7-19(18)23/h2-11H,1H3,(H,25,26)/b14-10-. The van der Waals surface area contributed by atoms with Gasteiger partial charge in [-0.05, 0) is 55.0 Å². The van der Waals surface area contributed by atoms with E-state index in [-0.39, 0.29) is 5.57 Å². The molecule has 0 radical (unpaired) electrons. The van der Waals surface area contributed by atoms with Crippen LogP contribution in [0.15, 0.2) is 64.6 Å². The van der Waals surface area contributed by atoms with Gasteiger partial charge in [0, 0.05) is 22.3 Å². The van der Waals surface area contributed by atoms with Crippen molar-refractivity contribution in [1.29, 1.82) is 5.26 Å².